The molecule has 1 aliphatic heterocycles. The number of benzene rings is 2. The van der Waals surface area contributed by atoms with Crippen LogP contribution in [0.15, 0.2) is 85.1 Å². The summed E-state index contributed by atoms with van der Waals surface area (Å²) in [7, 11) is 3.38. The van der Waals surface area contributed by atoms with Crippen LogP contribution >= 0.6 is 11.3 Å². The minimum absolute atomic E-state index is 0.0108. The van der Waals surface area contributed by atoms with Crippen molar-refractivity contribution in [3.63, 3.8) is 0 Å². The Morgan fingerprint density at radius 3 is 2.23 bits per heavy atom. The molecule has 528 valence electrons. The molecule has 5 heterocycles. The molecular formula is C70H89N15O13S. The van der Waals surface area contributed by atoms with Gasteiger partial charge >= 0.3 is 18.1 Å². The van der Waals surface area contributed by atoms with E-state index in [2.05, 4.69) is 60.6 Å². The number of carboxylic acid groups (broad SMARTS) is 1. The highest BCUT2D eigenvalue weighted by molar-refractivity contribution is 7.22. The average molecular weight is 1380 g/mol. The van der Waals surface area contributed by atoms with Gasteiger partial charge < -0.3 is 66.2 Å². The second-order valence-electron chi connectivity index (χ2n) is 27.7. The number of urea groups is 1. The topological polar surface area (TPSA) is 359 Å². The third-order valence-electron chi connectivity index (χ3n) is 18.9. The lowest BCUT2D eigenvalue weighted by atomic mass is 9.39. The molecule has 5 aliphatic rings. The number of nitrogens with one attached hydrogen (secondary N) is 5. The maximum atomic E-state index is 14.0. The number of nitrogens with two attached hydrogens (primary N) is 1. The number of imide groups is 1. The molecule has 2 aromatic carbocycles. The van der Waals surface area contributed by atoms with E-state index in [1.807, 2.05) is 48.9 Å². The number of carboxylic acids is 1. The Kier molecular flexibility index (Phi) is 22.8. The molecule has 29 heteroatoms. The number of carbonyl (C=O) groups is 8. The summed E-state index contributed by atoms with van der Waals surface area (Å²) in [4.78, 5) is 116. The number of methoxy groups -OCH3 is 1. The SMILES string of the molecule is COCCCN(CCOC12CC3(Cn4ncc(-c5ccc(N(C)c6cc(C)c(Nc7nc8ccccc8s7)nn6)nc5C(=O)O)c4C)C[C@@](C)(C1)C[C@](C)(C3)C2)C(=O)OCc1ccc(NC(=O)[C@H](CCCNC(N)=O)NC(=O)[C@@H](NC(=O)CCOCCN2C(=O)C=CC2=O)C(C)C)cc1. The predicted octanol–water partition coefficient (Wildman–Crippen LogP) is 8.33. The van der Waals surface area contributed by atoms with Crippen LogP contribution in [0.25, 0.3) is 21.3 Å². The first-order chi connectivity index (χ1) is 47.2. The van der Waals surface area contributed by atoms with Crippen molar-refractivity contribution < 1.29 is 62.4 Å². The van der Waals surface area contributed by atoms with Crippen LogP contribution in [0.4, 0.5) is 37.9 Å². The molecule has 6 aromatic rings. The standard InChI is InChI=1S/C70H89N15O13S/c1-43(2)58(78-55(86)24-30-96-31-28-84-56(87)22-23-57(84)88)62(90)75-51(14-11-25-72-64(71)93)61(89)74-47-18-16-46(17-19-47)35-97-66(94)83(26-12-29-95-8)27-32-98-70-39-67(5)36-68(6,40-70)38-69(37-67,41-70)42-85-45(4)49(34-73-85)48-20-21-53(77-59(48)63(91)92)82(7)54-33-44(3)60(81-80-54)79-65-76-50-13-9-10-15-52(50)99-65/h9-10,13,15-23,33-34,43,51,58H,11-12,14,24-32,35-42H2,1-8H3,(H,74,89)(H,75,90)(H,78,86)(H,91,92)(H3,71,72,93)(H,76,79,81)/t51-,58-,67-,68+,69?,70?/m0/s1. The largest absolute Gasteiger partial charge is 0.476 e. The van der Waals surface area contributed by atoms with Gasteiger partial charge in [-0.3, -0.25) is 33.6 Å². The molecule has 0 radical (unpaired) electrons. The molecule has 0 saturated heterocycles. The summed E-state index contributed by atoms with van der Waals surface area (Å²) in [5.41, 5.74) is 9.19. The van der Waals surface area contributed by atoms with E-state index in [1.165, 1.54) is 23.5 Å². The number of rotatable bonds is 34. The van der Waals surface area contributed by atoms with E-state index in [1.54, 1.807) is 80.4 Å². The number of carbonyl (C=O) groups excluding carboxylic acids is 7. The van der Waals surface area contributed by atoms with Gasteiger partial charge in [-0.2, -0.15) is 5.10 Å². The lowest BCUT2D eigenvalue weighted by Gasteiger charge is -2.69. The number of ether oxygens (including phenoxy) is 4. The van der Waals surface area contributed by atoms with Crippen LogP contribution in [-0.2, 0) is 56.1 Å². The van der Waals surface area contributed by atoms with Gasteiger partial charge in [0.25, 0.3) is 11.8 Å². The number of hydrogen-bond acceptors (Lipinski definition) is 20. The Hall–Kier alpha value is -9.45. The second-order valence-corrected chi connectivity index (χ2v) is 28.7. The Morgan fingerprint density at radius 2 is 1.55 bits per heavy atom. The van der Waals surface area contributed by atoms with Gasteiger partial charge in [0, 0.05) is 88.0 Å². The Morgan fingerprint density at radius 1 is 0.808 bits per heavy atom. The zero-order valence-electron chi connectivity index (χ0n) is 57.3. The van der Waals surface area contributed by atoms with Crippen molar-refractivity contribution in [2.24, 2.45) is 27.9 Å². The highest BCUT2D eigenvalue weighted by Gasteiger charge is 2.66. The monoisotopic (exact) mass is 1380 g/mol. The van der Waals surface area contributed by atoms with Crippen LogP contribution in [0.3, 0.4) is 0 Å². The first-order valence-electron chi connectivity index (χ1n) is 33.4. The Balaban J connectivity index is 0.734. The normalized spacial score (nSPS) is 20.4. The van der Waals surface area contributed by atoms with Crippen LogP contribution < -0.4 is 37.2 Å². The highest BCUT2D eigenvalue weighted by atomic mass is 32.1. The van der Waals surface area contributed by atoms with E-state index in [4.69, 9.17) is 29.8 Å². The van der Waals surface area contributed by atoms with Crippen LogP contribution in [0, 0.1) is 36.0 Å². The van der Waals surface area contributed by atoms with E-state index in [0.717, 1.165) is 64.9 Å². The summed E-state index contributed by atoms with van der Waals surface area (Å²) in [5.74, 6) is -2.68. The summed E-state index contributed by atoms with van der Waals surface area (Å²) in [6.07, 6.45) is 9.98. The van der Waals surface area contributed by atoms with Crippen LogP contribution in [-0.4, -0.2) is 177 Å². The Bertz CT molecular complexity index is 3940. The van der Waals surface area contributed by atoms with Gasteiger partial charge in [-0.15, -0.1) is 10.2 Å². The number of nitrogens with zero attached hydrogens (tertiary/aromatic N) is 9. The predicted molar refractivity (Wildman–Crippen MR) is 370 cm³/mol. The van der Waals surface area contributed by atoms with Crippen molar-refractivity contribution in [3.8, 4) is 11.1 Å². The summed E-state index contributed by atoms with van der Waals surface area (Å²) >= 11 is 1.52. The number of aryl methyl sites for hydroxylation is 1. The van der Waals surface area contributed by atoms with E-state index in [9.17, 15) is 43.5 Å². The zero-order chi connectivity index (χ0) is 70.8. The van der Waals surface area contributed by atoms with Crippen LogP contribution in [0.1, 0.15) is 119 Å². The molecule has 6 atom stereocenters. The van der Waals surface area contributed by atoms with E-state index in [0.29, 0.717) is 71.1 Å². The number of aromatic nitrogens is 6. The molecule has 0 spiro atoms. The number of aromatic carboxylic acids is 1. The van der Waals surface area contributed by atoms with Crippen molar-refractivity contribution in [2.75, 3.05) is 82.3 Å². The zero-order valence-corrected chi connectivity index (χ0v) is 58.1. The molecule has 4 aromatic heterocycles. The van der Waals surface area contributed by atoms with Crippen molar-refractivity contribution >= 4 is 97.5 Å². The summed E-state index contributed by atoms with van der Waals surface area (Å²) in [6.45, 7) is 14.2. The molecule has 4 saturated carbocycles. The molecule has 4 bridgehead atoms. The van der Waals surface area contributed by atoms with E-state index < -0.39 is 65.3 Å². The van der Waals surface area contributed by atoms with Crippen molar-refractivity contribution in [2.45, 2.75) is 137 Å². The van der Waals surface area contributed by atoms with Gasteiger partial charge in [0.05, 0.1) is 48.4 Å². The fourth-order valence-corrected chi connectivity index (χ4v) is 16.2. The lowest BCUT2D eigenvalue weighted by Crippen LogP contribution is -2.64. The van der Waals surface area contributed by atoms with Gasteiger partial charge in [-0.1, -0.05) is 63.3 Å². The summed E-state index contributed by atoms with van der Waals surface area (Å²) in [5, 5.41) is 39.3. The third-order valence-corrected chi connectivity index (χ3v) is 19.8. The number of amides is 8. The molecule has 8 amide bonds. The fraction of sp³-hybridized carbons (Fsp3) is 0.500. The minimum atomic E-state index is -1.18. The molecule has 8 N–H and O–H groups in total. The molecule has 99 heavy (non-hydrogen) atoms. The lowest BCUT2D eigenvalue weighted by molar-refractivity contribution is -0.248. The number of anilines is 5. The molecular weight excluding hydrogens is 1290 g/mol. The second kappa shape index (κ2) is 31.2. The van der Waals surface area contributed by atoms with Crippen LogP contribution in [0.5, 0.6) is 0 Å². The molecule has 28 nitrogen and oxygen atoms in total. The van der Waals surface area contributed by atoms with Gasteiger partial charge in [0.15, 0.2) is 22.5 Å². The van der Waals surface area contributed by atoms with Gasteiger partial charge in [-0.25, -0.2) is 24.4 Å². The quantitative estimate of drug-likeness (QED) is 0.0147. The Labute approximate surface area is 578 Å². The van der Waals surface area contributed by atoms with Gasteiger partial charge in [0.1, 0.15) is 24.5 Å². The van der Waals surface area contributed by atoms with E-state index >= 15 is 0 Å². The molecule has 4 aliphatic carbocycles. The maximum absolute atomic E-state index is 14.0. The number of pyridine rings is 1. The molecule has 2 unspecified atom stereocenters. The first-order valence-corrected chi connectivity index (χ1v) is 34.2. The number of para-hydroxylation sites is 1. The molecule has 11 rings (SSSR count). The van der Waals surface area contributed by atoms with Crippen molar-refractivity contribution in [1.82, 2.24) is 55.7 Å². The first kappa shape index (κ1) is 72.3. The molecule has 4 fully saturated rings. The number of primary amides is 1. The summed E-state index contributed by atoms with van der Waals surface area (Å²) < 4.78 is 26.9. The number of hydrogen-bond donors (Lipinski definition) is 7. The van der Waals surface area contributed by atoms with Gasteiger partial charge in [-0.05, 0) is 147 Å². The van der Waals surface area contributed by atoms with Gasteiger partial charge in [0.2, 0.25) is 17.7 Å². The third kappa shape index (κ3) is 17.9. The number of thiazole rings is 1. The smallest absolute Gasteiger partial charge is 0.410 e. The highest BCUT2D eigenvalue weighted by Crippen LogP contribution is 2.72. The maximum Gasteiger partial charge on any atom is 0.410 e. The fourth-order valence-electron chi connectivity index (χ4n) is 15.4. The van der Waals surface area contributed by atoms with Crippen molar-refractivity contribution in [3.05, 3.63) is 108 Å². The number of fused-ring (bicyclic) bond motifs is 1. The van der Waals surface area contributed by atoms with E-state index in [-0.39, 0.29) is 93.2 Å². The summed E-state index contributed by atoms with van der Waals surface area (Å²) in [6, 6.07) is 17.2. The minimum Gasteiger partial charge on any atom is -0.476 e. The van der Waals surface area contributed by atoms with Crippen LogP contribution in [0.2, 0.25) is 0 Å². The average Bonchev–Trinajstić information content (AvgIpc) is 0.947. The van der Waals surface area contributed by atoms with Crippen molar-refractivity contribution in [1.29, 1.82) is 0 Å².